The molecular formula is C25H24N4OS2. The van der Waals surface area contributed by atoms with Crippen molar-refractivity contribution in [3.63, 3.8) is 0 Å². The first-order valence-corrected chi connectivity index (χ1v) is 12.8. The normalized spacial score (nSPS) is 13.8. The molecule has 0 spiro atoms. The standard InChI is InChI=1S/C25H24N4OS2/c1-31-25-27-22(29-14-8-9-15-29)19-16-20(32-24(19)28-25)23(30)26-21(17-10-4-2-5-11-17)18-12-6-3-7-13-18/h2-7,10-13,16,21H,8-9,14-15H2,1H3,(H,26,30). The number of thiophene rings is 1. The zero-order valence-electron chi connectivity index (χ0n) is 17.8. The van der Waals surface area contributed by atoms with Crippen molar-refractivity contribution in [2.24, 2.45) is 0 Å². The van der Waals surface area contributed by atoms with Crippen LogP contribution in [-0.2, 0) is 0 Å². The first-order chi connectivity index (χ1) is 15.7. The van der Waals surface area contributed by atoms with Gasteiger partial charge in [0.05, 0.1) is 16.3 Å². The summed E-state index contributed by atoms with van der Waals surface area (Å²) in [5.74, 6) is 0.860. The Morgan fingerprint density at radius 2 is 1.62 bits per heavy atom. The highest BCUT2D eigenvalue weighted by molar-refractivity contribution is 7.98. The fourth-order valence-corrected chi connectivity index (χ4v) is 5.46. The summed E-state index contributed by atoms with van der Waals surface area (Å²) in [6.07, 6.45) is 4.33. The molecule has 0 atom stereocenters. The van der Waals surface area contributed by atoms with Crippen LogP contribution < -0.4 is 10.2 Å². The first-order valence-electron chi connectivity index (χ1n) is 10.7. The predicted octanol–water partition coefficient (Wildman–Crippen LogP) is 5.53. The van der Waals surface area contributed by atoms with Crippen molar-refractivity contribution in [3.05, 3.63) is 82.7 Å². The van der Waals surface area contributed by atoms with Crippen LogP contribution in [0.1, 0.15) is 39.7 Å². The van der Waals surface area contributed by atoms with Crippen LogP contribution in [0.3, 0.4) is 0 Å². The molecule has 1 fully saturated rings. The largest absolute Gasteiger partial charge is 0.356 e. The molecule has 2 aromatic carbocycles. The van der Waals surface area contributed by atoms with E-state index in [0.717, 1.165) is 45.4 Å². The lowest BCUT2D eigenvalue weighted by molar-refractivity contribution is 0.0947. The van der Waals surface area contributed by atoms with Crippen molar-refractivity contribution >= 4 is 45.0 Å². The van der Waals surface area contributed by atoms with Gasteiger partial charge in [-0.05, 0) is 36.3 Å². The van der Waals surface area contributed by atoms with Gasteiger partial charge in [0.1, 0.15) is 10.6 Å². The highest BCUT2D eigenvalue weighted by atomic mass is 32.2. The number of rotatable bonds is 6. The summed E-state index contributed by atoms with van der Waals surface area (Å²) in [6, 6.07) is 21.9. The third-order valence-corrected chi connectivity index (χ3v) is 7.28. The van der Waals surface area contributed by atoms with E-state index < -0.39 is 0 Å². The number of nitrogens with zero attached hydrogens (tertiary/aromatic N) is 3. The topological polar surface area (TPSA) is 58.1 Å². The van der Waals surface area contributed by atoms with Crippen LogP contribution in [0.5, 0.6) is 0 Å². The molecule has 4 aromatic rings. The summed E-state index contributed by atoms with van der Waals surface area (Å²) >= 11 is 2.97. The number of amides is 1. The Balaban J connectivity index is 1.50. The van der Waals surface area contributed by atoms with Gasteiger partial charge in [-0.1, -0.05) is 72.4 Å². The molecule has 0 unspecified atom stereocenters. The Morgan fingerprint density at radius 3 is 2.22 bits per heavy atom. The fourth-order valence-electron chi connectivity index (χ4n) is 4.11. The molecule has 0 radical (unpaired) electrons. The molecular weight excluding hydrogens is 436 g/mol. The first kappa shape index (κ1) is 21.0. The number of nitrogens with one attached hydrogen (secondary N) is 1. The number of aromatic nitrogens is 2. The lowest BCUT2D eigenvalue weighted by Crippen LogP contribution is -2.28. The van der Waals surface area contributed by atoms with E-state index >= 15 is 0 Å². The Labute approximate surface area is 195 Å². The molecule has 162 valence electrons. The van der Waals surface area contributed by atoms with E-state index in [9.17, 15) is 4.79 Å². The summed E-state index contributed by atoms with van der Waals surface area (Å²) in [4.78, 5) is 26.7. The molecule has 0 aliphatic carbocycles. The second-order valence-electron chi connectivity index (χ2n) is 7.79. The number of carbonyl (C=O) groups is 1. The Hall–Kier alpha value is -2.90. The van der Waals surface area contributed by atoms with Gasteiger partial charge in [0.25, 0.3) is 5.91 Å². The monoisotopic (exact) mass is 460 g/mol. The molecule has 2 aromatic heterocycles. The number of carbonyl (C=O) groups excluding carboxylic acids is 1. The second-order valence-corrected chi connectivity index (χ2v) is 9.59. The van der Waals surface area contributed by atoms with E-state index in [4.69, 9.17) is 4.98 Å². The smallest absolute Gasteiger partial charge is 0.262 e. The fraction of sp³-hybridized carbons (Fsp3) is 0.240. The van der Waals surface area contributed by atoms with Gasteiger partial charge in [-0.15, -0.1) is 11.3 Å². The minimum Gasteiger partial charge on any atom is -0.356 e. The Bertz CT molecular complexity index is 1180. The van der Waals surface area contributed by atoms with Gasteiger partial charge in [-0.2, -0.15) is 0 Å². The van der Waals surface area contributed by atoms with Crippen LogP contribution in [-0.4, -0.2) is 35.2 Å². The van der Waals surface area contributed by atoms with E-state index in [0.29, 0.717) is 4.88 Å². The molecule has 1 aliphatic rings. The molecule has 1 N–H and O–H groups in total. The van der Waals surface area contributed by atoms with Crippen LogP contribution in [0.25, 0.3) is 10.2 Å². The van der Waals surface area contributed by atoms with Gasteiger partial charge < -0.3 is 10.2 Å². The summed E-state index contributed by atoms with van der Waals surface area (Å²) < 4.78 is 0. The number of fused-ring (bicyclic) bond motifs is 1. The maximum atomic E-state index is 13.4. The Kier molecular flexibility index (Phi) is 6.10. The van der Waals surface area contributed by atoms with E-state index in [1.165, 1.54) is 35.9 Å². The molecule has 3 heterocycles. The third-order valence-electron chi connectivity index (χ3n) is 5.71. The third kappa shape index (κ3) is 4.23. The number of thioether (sulfide) groups is 1. The van der Waals surface area contributed by atoms with E-state index in [1.807, 2.05) is 73.0 Å². The van der Waals surface area contributed by atoms with Crippen LogP contribution in [0.15, 0.2) is 71.9 Å². The van der Waals surface area contributed by atoms with Crippen molar-refractivity contribution in [1.82, 2.24) is 15.3 Å². The highest BCUT2D eigenvalue weighted by Crippen LogP contribution is 2.34. The van der Waals surface area contributed by atoms with Crippen LogP contribution >= 0.6 is 23.1 Å². The number of hydrogen-bond donors (Lipinski definition) is 1. The highest BCUT2D eigenvalue weighted by Gasteiger charge is 2.23. The molecule has 1 aliphatic heterocycles. The number of benzene rings is 2. The lowest BCUT2D eigenvalue weighted by atomic mass is 9.98. The maximum Gasteiger partial charge on any atom is 0.262 e. The van der Waals surface area contributed by atoms with Crippen LogP contribution in [0, 0.1) is 0 Å². The molecule has 5 rings (SSSR count). The summed E-state index contributed by atoms with van der Waals surface area (Å²) in [6.45, 7) is 2.00. The molecule has 0 saturated carbocycles. The van der Waals surface area contributed by atoms with Crippen molar-refractivity contribution < 1.29 is 4.79 Å². The molecule has 1 amide bonds. The van der Waals surface area contributed by atoms with Crippen molar-refractivity contribution in [3.8, 4) is 0 Å². The van der Waals surface area contributed by atoms with Gasteiger partial charge in [-0.25, -0.2) is 9.97 Å². The average molecular weight is 461 g/mol. The predicted molar refractivity (Wildman–Crippen MR) is 133 cm³/mol. The van der Waals surface area contributed by atoms with Crippen molar-refractivity contribution in [1.29, 1.82) is 0 Å². The van der Waals surface area contributed by atoms with E-state index in [2.05, 4.69) is 15.2 Å². The minimum absolute atomic E-state index is 0.0937. The maximum absolute atomic E-state index is 13.4. The quantitative estimate of drug-likeness (QED) is 0.303. The second kappa shape index (κ2) is 9.30. The van der Waals surface area contributed by atoms with Gasteiger partial charge in [0.2, 0.25) is 0 Å². The minimum atomic E-state index is -0.221. The van der Waals surface area contributed by atoms with Crippen molar-refractivity contribution in [2.45, 2.75) is 24.0 Å². The summed E-state index contributed by atoms with van der Waals surface area (Å²) in [5.41, 5.74) is 2.10. The van der Waals surface area contributed by atoms with Gasteiger partial charge >= 0.3 is 0 Å². The summed E-state index contributed by atoms with van der Waals surface area (Å²) in [5, 5.41) is 4.97. The van der Waals surface area contributed by atoms with Gasteiger partial charge in [-0.3, -0.25) is 4.79 Å². The summed E-state index contributed by atoms with van der Waals surface area (Å²) in [7, 11) is 0. The Morgan fingerprint density at radius 1 is 1.00 bits per heavy atom. The molecule has 5 nitrogen and oxygen atoms in total. The molecule has 32 heavy (non-hydrogen) atoms. The van der Waals surface area contributed by atoms with Crippen molar-refractivity contribution in [2.75, 3.05) is 24.2 Å². The number of hydrogen-bond acceptors (Lipinski definition) is 6. The molecule has 1 saturated heterocycles. The van der Waals surface area contributed by atoms with E-state index in [-0.39, 0.29) is 11.9 Å². The zero-order valence-corrected chi connectivity index (χ0v) is 19.5. The average Bonchev–Trinajstić information content (AvgIpc) is 3.53. The molecule has 0 bridgehead atoms. The van der Waals surface area contributed by atoms with Gasteiger partial charge in [0, 0.05) is 13.1 Å². The van der Waals surface area contributed by atoms with E-state index in [1.54, 1.807) is 0 Å². The van der Waals surface area contributed by atoms with Crippen LogP contribution in [0.4, 0.5) is 5.82 Å². The zero-order chi connectivity index (χ0) is 21.9. The SMILES string of the molecule is CSc1nc(N2CCCC2)c2cc(C(=O)NC(c3ccccc3)c3ccccc3)sc2n1. The number of anilines is 1. The lowest BCUT2D eigenvalue weighted by Gasteiger charge is -2.19. The molecule has 7 heteroatoms. The van der Waals surface area contributed by atoms with Crippen LogP contribution in [0.2, 0.25) is 0 Å². The van der Waals surface area contributed by atoms with Gasteiger partial charge in [0.15, 0.2) is 5.16 Å².